The number of hydrogen-bond donors (Lipinski definition) is 6. The van der Waals surface area contributed by atoms with Crippen molar-refractivity contribution in [1.29, 1.82) is 0 Å². The van der Waals surface area contributed by atoms with E-state index in [0.29, 0.717) is 0 Å². The Morgan fingerprint density at radius 3 is 2.31 bits per heavy atom. The van der Waals surface area contributed by atoms with E-state index in [-0.39, 0.29) is 40.6 Å². The van der Waals surface area contributed by atoms with Gasteiger partial charge in [-0.15, -0.1) is 0 Å². The predicted octanol–water partition coefficient (Wildman–Crippen LogP) is 0.503. The number of likely N-dealkylation sites (N-methyl/N-ethyl adjacent to an activating group) is 1. The minimum atomic E-state index is -2.79. The van der Waals surface area contributed by atoms with Gasteiger partial charge in [-0.3, -0.25) is 24.1 Å². The number of benzene rings is 1. The van der Waals surface area contributed by atoms with E-state index in [4.69, 9.17) is 5.73 Å². The zero-order valence-corrected chi connectivity index (χ0v) is 23.1. The third kappa shape index (κ3) is 3.92. The van der Waals surface area contributed by atoms with Crippen LogP contribution in [-0.2, 0) is 25.6 Å². The molecule has 4 atom stereocenters. The number of Topliss-reactive ketones (excluding diaryl/α,β-unsaturated/α-hetero) is 2. The number of rotatable bonds is 5. The van der Waals surface area contributed by atoms with Gasteiger partial charge in [0, 0.05) is 25.6 Å². The van der Waals surface area contributed by atoms with Crippen LogP contribution in [0.1, 0.15) is 17.5 Å². The maximum absolute atomic E-state index is 15.6. The second-order valence-corrected chi connectivity index (χ2v) is 10.8. The number of hydrogen-bond acceptors (Lipinski definition) is 10. The zero-order chi connectivity index (χ0) is 29.3. The normalized spacial score (nSPS) is 26.3. The number of aliphatic hydroxyl groups excluding tert-OH is 2. The summed E-state index contributed by atoms with van der Waals surface area (Å²) in [6.07, 6.45) is -0.234. The summed E-state index contributed by atoms with van der Waals surface area (Å²) in [7, 11) is 6.02. The Kier molecular flexibility index (Phi) is 7.02. The van der Waals surface area contributed by atoms with Gasteiger partial charge in [-0.2, -0.15) is 0 Å². The average molecular weight is 611 g/mol. The maximum Gasteiger partial charge on any atom is 0.255 e. The molecule has 7 N–H and O–H groups in total. The number of anilines is 2. The van der Waals surface area contributed by atoms with Gasteiger partial charge < -0.3 is 36.4 Å². The Morgan fingerprint density at radius 2 is 1.79 bits per heavy atom. The second-order valence-electron chi connectivity index (χ2n) is 10.3. The highest BCUT2D eigenvalue weighted by Gasteiger charge is 2.64. The predicted molar refractivity (Wildman–Crippen MR) is 141 cm³/mol. The molecule has 210 valence electrons. The van der Waals surface area contributed by atoms with Gasteiger partial charge in [0.25, 0.3) is 5.91 Å². The van der Waals surface area contributed by atoms with Gasteiger partial charge in [0.2, 0.25) is 11.7 Å². The number of halogens is 2. The number of phenolic OH excluding ortho intramolecular Hbond substituents is 1. The number of aliphatic hydroxyl groups is 3. The molecular weight excluding hydrogens is 583 g/mol. The van der Waals surface area contributed by atoms with E-state index < -0.39 is 81.2 Å². The van der Waals surface area contributed by atoms with Crippen LogP contribution in [-0.4, -0.2) is 93.9 Å². The van der Waals surface area contributed by atoms with Crippen molar-refractivity contribution in [2.45, 2.75) is 24.5 Å². The Bertz CT molecular complexity index is 1400. The van der Waals surface area contributed by atoms with Crippen LogP contribution in [0.3, 0.4) is 0 Å². The molecule has 4 rings (SSSR count). The number of phenols is 1. The fourth-order valence-corrected chi connectivity index (χ4v) is 6.22. The Morgan fingerprint density at radius 1 is 1.18 bits per heavy atom. The molecule has 14 heteroatoms. The van der Waals surface area contributed by atoms with Crippen molar-refractivity contribution < 1.29 is 44.0 Å². The van der Waals surface area contributed by atoms with E-state index in [1.165, 1.54) is 38.0 Å². The molecule has 39 heavy (non-hydrogen) atoms. The summed E-state index contributed by atoms with van der Waals surface area (Å²) in [4.78, 5) is 53.9. The number of primary amides is 1. The van der Waals surface area contributed by atoms with Crippen LogP contribution in [0.4, 0.5) is 15.8 Å². The first kappa shape index (κ1) is 28.5. The molecule has 4 unspecified atom stereocenters. The van der Waals surface area contributed by atoms with Crippen molar-refractivity contribution in [3.05, 3.63) is 33.8 Å². The van der Waals surface area contributed by atoms with Crippen molar-refractivity contribution in [1.82, 2.24) is 4.90 Å². The molecule has 0 saturated heterocycles. The summed E-state index contributed by atoms with van der Waals surface area (Å²) >= 11 is 2.94. The van der Waals surface area contributed by atoms with E-state index in [1.807, 2.05) is 0 Å². The average Bonchev–Trinajstić information content (AvgIpc) is 2.83. The lowest BCUT2D eigenvalue weighted by Gasteiger charge is -2.50. The molecule has 0 heterocycles. The first-order valence-electron chi connectivity index (χ1n) is 11.9. The lowest BCUT2D eigenvalue weighted by molar-refractivity contribution is -0.153. The lowest BCUT2D eigenvalue weighted by Crippen LogP contribution is -2.65. The Labute approximate surface area is 230 Å². The van der Waals surface area contributed by atoms with E-state index >= 15 is 4.39 Å². The number of carbonyl (C=O) groups excluding carboxylic acids is 4. The molecular formula is C25H28BrFN4O8. The van der Waals surface area contributed by atoms with Crippen LogP contribution >= 0.6 is 15.9 Å². The zero-order valence-electron chi connectivity index (χ0n) is 21.5. The first-order chi connectivity index (χ1) is 18.1. The summed E-state index contributed by atoms with van der Waals surface area (Å²) < 4.78 is 15.6. The number of nitrogens with two attached hydrogens (primary N) is 1. The largest absolute Gasteiger partial charge is 0.508 e. The minimum absolute atomic E-state index is 0.0609. The molecule has 1 fully saturated rings. The molecule has 0 aliphatic heterocycles. The van der Waals surface area contributed by atoms with Crippen molar-refractivity contribution in [3.8, 4) is 5.75 Å². The fourth-order valence-electron chi connectivity index (χ4n) is 6.08. The molecule has 0 bridgehead atoms. The van der Waals surface area contributed by atoms with Gasteiger partial charge in [0.1, 0.15) is 22.8 Å². The summed E-state index contributed by atoms with van der Waals surface area (Å²) in [5.74, 6) is -10.0. The maximum atomic E-state index is 15.6. The molecule has 0 spiro atoms. The lowest BCUT2D eigenvalue weighted by atomic mass is 9.57. The molecule has 3 aliphatic rings. The third-order valence-corrected chi connectivity index (χ3v) is 8.14. The number of nitrogens with one attached hydrogen (secondary N) is 1. The summed E-state index contributed by atoms with van der Waals surface area (Å²) in [6.45, 7) is 0. The summed E-state index contributed by atoms with van der Waals surface area (Å²) in [6, 6.07) is -1.23. The topological polar surface area (TPSA) is 194 Å². The van der Waals surface area contributed by atoms with Crippen molar-refractivity contribution >= 4 is 56.4 Å². The van der Waals surface area contributed by atoms with E-state index in [0.717, 1.165) is 0 Å². The molecule has 0 aromatic heterocycles. The van der Waals surface area contributed by atoms with E-state index in [9.17, 15) is 39.6 Å². The monoisotopic (exact) mass is 610 g/mol. The molecule has 12 nitrogen and oxygen atoms in total. The van der Waals surface area contributed by atoms with Gasteiger partial charge in [0.15, 0.2) is 23.0 Å². The Balaban J connectivity index is 2.02. The van der Waals surface area contributed by atoms with Crippen LogP contribution in [0.5, 0.6) is 5.75 Å². The number of alkyl halides is 1. The summed E-state index contributed by atoms with van der Waals surface area (Å²) in [5.41, 5.74) is 0.338. The number of nitrogens with zero attached hydrogens (tertiary/aromatic N) is 2. The van der Waals surface area contributed by atoms with Gasteiger partial charge in [-0.25, -0.2) is 4.39 Å². The Hall–Kier alpha value is -3.49. The number of aromatic hydroxyl groups is 1. The van der Waals surface area contributed by atoms with Crippen molar-refractivity contribution in [2.75, 3.05) is 43.7 Å². The summed E-state index contributed by atoms with van der Waals surface area (Å²) in [5, 5.41) is 46.9. The molecule has 1 aromatic carbocycles. The standard InChI is InChI=1S/C25H28BrFN4O8/c1-30(2)17-9-5-8-6-10-18(31(3)4)21(35)14(24(28)38)23(37)25(10,39)22(36)12(8)19(33)13(9)20(34)16(15(17)27)29-11(32)7-26/h8,10,18,33-34,37,39H,5-7H2,1-4H3,(H2,28,38)(H,29,32). The van der Waals surface area contributed by atoms with Gasteiger partial charge in [-0.05, 0) is 38.4 Å². The SMILES string of the molecule is CN(C)c1c(F)c(NC(=O)CBr)c(O)c2c1CC1CC3C(N(C)C)C(=O)C(C(N)=O)=C(O)C3(O)C(=O)C1=C2O. The number of amides is 2. The number of carbonyl (C=O) groups is 4. The fraction of sp³-hybridized carbons (Fsp3) is 0.440. The minimum Gasteiger partial charge on any atom is -0.508 e. The quantitative estimate of drug-likeness (QED) is 0.155. The highest BCUT2D eigenvalue weighted by molar-refractivity contribution is 9.09. The van der Waals surface area contributed by atoms with E-state index in [2.05, 4.69) is 21.2 Å². The number of fused-ring (bicyclic) bond motifs is 3. The van der Waals surface area contributed by atoms with Crippen LogP contribution < -0.4 is 16.0 Å². The highest BCUT2D eigenvalue weighted by atomic mass is 79.9. The van der Waals surface area contributed by atoms with E-state index in [1.54, 1.807) is 0 Å². The molecule has 3 aliphatic carbocycles. The second kappa shape index (κ2) is 9.61. The van der Waals surface area contributed by atoms with Crippen LogP contribution in [0.2, 0.25) is 0 Å². The molecule has 2 amide bonds. The molecule has 1 saturated carbocycles. The van der Waals surface area contributed by atoms with Crippen LogP contribution in [0.15, 0.2) is 16.9 Å². The first-order valence-corrected chi connectivity index (χ1v) is 13.0. The van der Waals surface area contributed by atoms with Crippen LogP contribution in [0, 0.1) is 17.7 Å². The van der Waals surface area contributed by atoms with Crippen molar-refractivity contribution in [2.24, 2.45) is 17.6 Å². The van der Waals surface area contributed by atoms with Gasteiger partial charge >= 0.3 is 0 Å². The molecule has 0 radical (unpaired) electrons. The smallest absolute Gasteiger partial charge is 0.255 e. The highest BCUT2D eigenvalue weighted by Crippen LogP contribution is 2.55. The van der Waals surface area contributed by atoms with Crippen molar-refractivity contribution in [3.63, 3.8) is 0 Å². The van der Waals surface area contributed by atoms with Gasteiger partial charge in [-0.1, -0.05) is 15.9 Å². The number of ketones is 2. The third-order valence-electron chi connectivity index (χ3n) is 7.63. The van der Waals surface area contributed by atoms with Crippen LogP contribution in [0.25, 0.3) is 5.76 Å². The molecule has 1 aromatic rings. The van der Waals surface area contributed by atoms with Gasteiger partial charge in [0.05, 0.1) is 22.6 Å².